The van der Waals surface area contributed by atoms with Gasteiger partial charge in [-0.2, -0.15) is 0 Å². The normalized spacial score (nSPS) is 11.6. The second kappa shape index (κ2) is 10.9. The van der Waals surface area contributed by atoms with Gasteiger partial charge in [-0.15, -0.1) is 0 Å². The van der Waals surface area contributed by atoms with Crippen LogP contribution in [0.1, 0.15) is 0 Å². The van der Waals surface area contributed by atoms with Crippen LogP contribution < -0.4 is 20.7 Å². The van der Waals surface area contributed by atoms with Gasteiger partial charge in [-0.1, -0.05) is 133 Å². The lowest BCUT2D eigenvalue weighted by molar-refractivity contribution is 1.17. The van der Waals surface area contributed by atoms with Gasteiger partial charge in [0.15, 0.2) is 8.07 Å². The van der Waals surface area contributed by atoms with Crippen molar-refractivity contribution >= 4 is 50.8 Å². The molecule has 3 nitrogen and oxygen atoms in total. The third kappa shape index (κ3) is 4.19. The number of benzene rings is 5. The zero-order valence-electron chi connectivity index (χ0n) is 24.1. The Bertz CT molecular complexity index is 2150. The second-order valence-electron chi connectivity index (χ2n) is 11.1. The Morgan fingerprint density at radius 2 is 1.00 bits per heavy atom. The van der Waals surface area contributed by atoms with Gasteiger partial charge in [0.25, 0.3) is 0 Å². The maximum Gasteiger partial charge on any atom is 0.181 e. The van der Waals surface area contributed by atoms with E-state index in [0.29, 0.717) is 0 Å². The first-order valence-electron chi connectivity index (χ1n) is 14.9. The lowest BCUT2D eigenvalue weighted by atomic mass is 10.1. The molecular formula is C40H29N3Si. The summed E-state index contributed by atoms with van der Waals surface area (Å²) in [6, 6.07) is 56.9. The van der Waals surface area contributed by atoms with E-state index in [2.05, 4.69) is 173 Å². The molecule has 0 radical (unpaired) electrons. The van der Waals surface area contributed by atoms with Crippen molar-refractivity contribution in [2.75, 3.05) is 0 Å². The van der Waals surface area contributed by atoms with Gasteiger partial charge in [0.2, 0.25) is 0 Å². The molecule has 0 saturated heterocycles. The number of rotatable bonds is 6. The van der Waals surface area contributed by atoms with Crippen LogP contribution >= 0.6 is 0 Å². The van der Waals surface area contributed by atoms with Gasteiger partial charge < -0.3 is 4.57 Å². The highest BCUT2D eigenvalue weighted by Gasteiger charge is 2.42. The third-order valence-corrected chi connectivity index (χ3v) is 13.4. The SMILES string of the molecule is c1ccc(-c2ccc([Si](c3ccccc3)(c3ccccc3)c3cnc4c5cnccc5n(-c5ccccc5)c4c3)cc2)cc1. The first kappa shape index (κ1) is 26.1. The molecule has 0 saturated carbocycles. The summed E-state index contributed by atoms with van der Waals surface area (Å²) in [5.74, 6) is 0. The predicted octanol–water partition coefficient (Wildman–Crippen LogP) is 6.62. The molecule has 208 valence electrons. The van der Waals surface area contributed by atoms with Gasteiger partial charge >= 0.3 is 0 Å². The van der Waals surface area contributed by atoms with Crippen molar-refractivity contribution in [2.24, 2.45) is 0 Å². The molecule has 0 aliphatic rings. The van der Waals surface area contributed by atoms with Crippen LogP contribution in [0.5, 0.6) is 0 Å². The molecule has 8 rings (SSSR count). The summed E-state index contributed by atoms with van der Waals surface area (Å²) in [7, 11) is -2.81. The third-order valence-electron chi connectivity index (χ3n) is 8.69. The molecule has 0 aliphatic carbocycles. The number of hydrogen-bond acceptors (Lipinski definition) is 2. The fourth-order valence-electron chi connectivity index (χ4n) is 6.71. The minimum atomic E-state index is -2.81. The van der Waals surface area contributed by atoms with Crippen LogP contribution in [0.15, 0.2) is 176 Å². The van der Waals surface area contributed by atoms with Crippen molar-refractivity contribution < 1.29 is 0 Å². The largest absolute Gasteiger partial charge is 0.308 e. The number of aromatic nitrogens is 3. The van der Waals surface area contributed by atoms with Crippen molar-refractivity contribution in [3.63, 3.8) is 0 Å². The Morgan fingerprint density at radius 3 is 1.64 bits per heavy atom. The fourth-order valence-corrected chi connectivity index (χ4v) is 11.4. The topological polar surface area (TPSA) is 30.7 Å². The summed E-state index contributed by atoms with van der Waals surface area (Å²) < 4.78 is 2.33. The molecule has 5 aromatic carbocycles. The average Bonchev–Trinajstić information content (AvgIpc) is 3.44. The molecule has 8 aromatic rings. The molecule has 0 N–H and O–H groups in total. The standard InChI is InChI=1S/C40H29N3Si/c1-5-13-30(14-6-1)31-21-23-35(24-22-31)44(33-17-9-3-10-18-33,34-19-11-4-12-20-34)36-27-39-40(42-28-36)37-29-41-26-25-38(37)43(39)32-15-7-2-8-16-32/h1-29H. The Hall–Kier alpha value is -5.58. The van der Waals surface area contributed by atoms with Gasteiger partial charge in [-0.05, 0) is 56.1 Å². The molecule has 0 fully saturated rings. The first-order chi connectivity index (χ1) is 21.8. The quantitative estimate of drug-likeness (QED) is 0.164. The molecule has 4 heteroatoms. The summed E-state index contributed by atoms with van der Waals surface area (Å²) >= 11 is 0. The van der Waals surface area contributed by atoms with Gasteiger partial charge in [-0.25, -0.2) is 0 Å². The van der Waals surface area contributed by atoms with Crippen molar-refractivity contribution in [1.82, 2.24) is 14.5 Å². The maximum atomic E-state index is 5.24. The Labute approximate surface area is 257 Å². The lowest BCUT2D eigenvalue weighted by Crippen LogP contribution is -2.74. The van der Waals surface area contributed by atoms with Gasteiger partial charge in [0, 0.05) is 29.7 Å². The smallest absolute Gasteiger partial charge is 0.181 e. The zero-order valence-corrected chi connectivity index (χ0v) is 25.1. The van der Waals surface area contributed by atoms with Crippen LogP contribution in [0.25, 0.3) is 38.8 Å². The van der Waals surface area contributed by atoms with Gasteiger partial charge in [-0.3, -0.25) is 9.97 Å². The van der Waals surface area contributed by atoms with Crippen LogP contribution in [0.4, 0.5) is 0 Å². The lowest BCUT2D eigenvalue weighted by Gasteiger charge is -2.34. The molecule has 0 unspecified atom stereocenters. The fraction of sp³-hybridized carbons (Fsp3) is 0. The van der Waals surface area contributed by atoms with E-state index in [9.17, 15) is 0 Å². The Morgan fingerprint density at radius 1 is 0.455 bits per heavy atom. The second-order valence-corrected chi connectivity index (χ2v) is 14.9. The summed E-state index contributed by atoms with van der Waals surface area (Å²) in [4.78, 5) is 9.71. The van der Waals surface area contributed by atoms with E-state index in [-0.39, 0.29) is 0 Å². The number of nitrogens with zero attached hydrogens (tertiary/aromatic N) is 3. The summed E-state index contributed by atoms with van der Waals surface area (Å²) in [5, 5.41) is 6.26. The molecule has 0 amide bonds. The van der Waals surface area contributed by atoms with Crippen molar-refractivity contribution in [3.8, 4) is 16.8 Å². The van der Waals surface area contributed by atoms with Crippen LogP contribution in [-0.4, -0.2) is 22.6 Å². The highest BCUT2D eigenvalue weighted by Crippen LogP contribution is 2.30. The molecule has 0 bridgehead atoms. The minimum absolute atomic E-state index is 0.962. The number of pyridine rings is 2. The monoisotopic (exact) mass is 579 g/mol. The molecule has 0 spiro atoms. The van der Waals surface area contributed by atoms with Crippen molar-refractivity contribution in [1.29, 1.82) is 0 Å². The van der Waals surface area contributed by atoms with Gasteiger partial charge in [0.1, 0.15) is 0 Å². The van der Waals surface area contributed by atoms with Crippen LogP contribution in [0, 0.1) is 0 Å². The van der Waals surface area contributed by atoms with E-state index in [1.807, 2.05) is 12.4 Å². The number of hydrogen-bond donors (Lipinski definition) is 0. The minimum Gasteiger partial charge on any atom is -0.308 e. The molecule has 3 heterocycles. The summed E-state index contributed by atoms with van der Waals surface area (Å²) in [5.41, 5.74) is 6.69. The average molecular weight is 580 g/mol. The zero-order chi connectivity index (χ0) is 29.3. The predicted molar refractivity (Wildman–Crippen MR) is 185 cm³/mol. The Kier molecular flexibility index (Phi) is 6.47. The highest BCUT2D eigenvalue weighted by molar-refractivity contribution is 7.19. The first-order valence-corrected chi connectivity index (χ1v) is 16.9. The van der Waals surface area contributed by atoms with Crippen LogP contribution in [0.3, 0.4) is 0 Å². The number of para-hydroxylation sites is 1. The van der Waals surface area contributed by atoms with Gasteiger partial charge in [0.05, 0.1) is 16.6 Å². The highest BCUT2D eigenvalue weighted by atomic mass is 28.3. The van der Waals surface area contributed by atoms with E-state index in [0.717, 1.165) is 27.6 Å². The molecule has 3 aromatic heterocycles. The Balaban J connectivity index is 1.46. The van der Waals surface area contributed by atoms with Crippen molar-refractivity contribution in [3.05, 3.63) is 176 Å². The number of fused-ring (bicyclic) bond motifs is 3. The maximum absolute atomic E-state index is 5.24. The van der Waals surface area contributed by atoms with Crippen molar-refractivity contribution in [2.45, 2.75) is 0 Å². The molecule has 44 heavy (non-hydrogen) atoms. The molecule has 0 atom stereocenters. The summed E-state index contributed by atoms with van der Waals surface area (Å²) in [6.07, 6.45) is 5.93. The van der Waals surface area contributed by atoms with Crippen LogP contribution in [-0.2, 0) is 0 Å². The van der Waals surface area contributed by atoms with E-state index in [4.69, 9.17) is 4.98 Å². The van der Waals surface area contributed by atoms with E-state index >= 15 is 0 Å². The van der Waals surface area contributed by atoms with E-state index in [1.165, 1.54) is 31.9 Å². The van der Waals surface area contributed by atoms with E-state index in [1.54, 1.807) is 0 Å². The van der Waals surface area contributed by atoms with Crippen LogP contribution in [0.2, 0.25) is 0 Å². The molecular weight excluding hydrogens is 551 g/mol. The molecule has 0 aliphatic heterocycles. The summed E-state index contributed by atoms with van der Waals surface area (Å²) in [6.45, 7) is 0. The van der Waals surface area contributed by atoms with E-state index < -0.39 is 8.07 Å².